The number of carbonyl (C=O) groups is 1. The van der Waals surface area contributed by atoms with Gasteiger partial charge in [0, 0.05) is 49.8 Å². The Morgan fingerprint density at radius 3 is 2.31 bits per heavy atom. The van der Waals surface area contributed by atoms with Crippen LogP contribution in [0, 0.1) is 6.92 Å². The molecule has 2 heterocycles. The molecule has 8 nitrogen and oxygen atoms in total. The number of anilines is 4. The number of hydrogen-bond donors (Lipinski definition) is 2. The Morgan fingerprint density at radius 1 is 0.938 bits per heavy atom. The summed E-state index contributed by atoms with van der Waals surface area (Å²) in [6.45, 7) is 1.93. The number of aromatic nitrogens is 4. The van der Waals surface area contributed by atoms with Gasteiger partial charge in [-0.15, -0.1) is 0 Å². The number of aryl methyl sites for hydroxylation is 2. The average molecular weight is 428 g/mol. The molecular weight excluding hydrogens is 402 g/mol. The van der Waals surface area contributed by atoms with E-state index in [1.54, 1.807) is 17.8 Å². The summed E-state index contributed by atoms with van der Waals surface area (Å²) in [5.41, 5.74) is 4.59. The van der Waals surface area contributed by atoms with Gasteiger partial charge in [-0.05, 0) is 37.3 Å². The molecule has 32 heavy (non-hydrogen) atoms. The fourth-order valence-electron chi connectivity index (χ4n) is 3.23. The maximum atomic E-state index is 12.8. The Balaban J connectivity index is 1.45. The van der Waals surface area contributed by atoms with E-state index in [9.17, 15) is 4.79 Å². The second-order valence-electron chi connectivity index (χ2n) is 7.65. The van der Waals surface area contributed by atoms with Crippen molar-refractivity contribution >= 4 is 29.0 Å². The molecule has 0 saturated heterocycles. The smallest absolute Gasteiger partial charge is 0.273 e. The summed E-state index contributed by atoms with van der Waals surface area (Å²) in [6.07, 6.45) is 0. The second kappa shape index (κ2) is 8.89. The van der Waals surface area contributed by atoms with Gasteiger partial charge in [-0.3, -0.25) is 9.48 Å². The van der Waals surface area contributed by atoms with Crippen LogP contribution in [0.2, 0.25) is 0 Å². The molecule has 0 aliphatic heterocycles. The number of amides is 1. The molecule has 0 aliphatic carbocycles. The van der Waals surface area contributed by atoms with Crippen molar-refractivity contribution in [3.8, 4) is 11.3 Å². The lowest BCUT2D eigenvalue weighted by Crippen LogP contribution is -2.16. The third-order valence-electron chi connectivity index (χ3n) is 4.88. The SMILES string of the molecule is Cc1cc(N(C)C)nc(Nc2ccc(NC(=O)c3cc(-c4ccccc4)nn3C)cc2)n1. The van der Waals surface area contributed by atoms with Gasteiger partial charge in [-0.2, -0.15) is 10.1 Å². The van der Waals surface area contributed by atoms with Crippen LogP contribution in [0.4, 0.5) is 23.1 Å². The van der Waals surface area contributed by atoms with Gasteiger partial charge in [-0.25, -0.2) is 4.98 Å². The Morgan fingerprint density at radius 2 is 1.62 bits per heavy atom. The lowest BCUT2D eigenvalue weighted by molar-refractivity contribution is 0.101. The summed E-state index contributed by atoms with van der Waals surface area (Å²) in [6, 6.07) is 20.9. The summed E-state index contributed by atoms with van der Waals surface area (Å²) < 4.78 is 1.59. The van der Waals surface area contributed by atoms with E-state index in [1.165, 1.54) is 0 Å². The van der Waals surface area contributed by atoms with Gasteiger partial charge in [0.2, 0.25) is 5.95 Å². The molecule has 1 amide bonds. The molecule has 2 aromatic heterocycles. The first kappa shape index (κ1) is 21.0. The normalized spacial score (nSPS) is 10.6. The topological polar surface area (TPSA) is 88.0 Å². The molecule has 162 valence electrons. The fourth-order valence-corrected chi connectivity index (χ4v) is 3.23. The number of nitrogens with one attached hydrogen (secondary N) is 2. The van der Waals surface area contributed by atoms with Crippen LogP contribution >= 0.6 is 0 Å². The van der Waals surface area contributed by atoms with Crippen LogP contribution in [0.3, 0.4) is 0 Å². The maximum Gasteiger partial charge on any atom is 0.273 e. The van der Waals surface area contributed by atoms with Crippen LogP contribution in [0.5, 0.6) is 0 Å². The molecule has 2 aromatic carbocycles. The second-order valence-corrected chi connectivity index (χ2v) is 7.65. The number of carbonyl (C=O) groups excluding carboxylic acids is 1. The van der Waals surface area contributed by atoms with Crippen LogP contribution in [0.1, 0.15) is 16.2 Å². The molecule has 0 aliphatic rings. The number of hydrogen-bond acceptors (Lipinski definition) is 6. The minimum atomic E-state index is -0.222. The van der Waals surface area contributed by atoms with Crippen molar-refractivity contribution < 1.29 is 4.79 Å². The Hall–Kier alpha value is -4.20. The highest BCUT2D eigenvalue weighted by atomic mass is 16.2. The third-order valence-corrected chi connectivity index (χ3v) is 4.88. The molecule has 8 heteroatoms. The zero-order valence-electron chi connectivity index (χ0n) is 18.5. The van der Waals surface area contributed by atoms with Gasteiger partial charge < -0.3 is 15.5 Å². The molecule has 4 rings (SSSR count). The minimum Gasteiger partial charge on any atom is -0.363 e. The number of rotatable bonds is 6. The first-order valence-electron chi connectivity index (χ1n) is 10.2. The third kappa shape index (κ3) is 4.75. The Labute approximate surface area is 186 Å². The summed E-state index contributed by atoms with van der Waals surface area (Å²) in [5, 5.41) is 10.6. The van der Waals surface area contributed by atoms with E-state index >= 15 is 0 Å². The monoisotopic (exact) mass is 427 g/mol. The lowest BCUT2D eigenvalue weighted by atomic mass is 10.1. The first-order valence-corrected chi connectivity index (χ1v) is 10.2. The van der Waals surface area contributed by atoms with E-state index in [4.69, 9.17) is 0 Å². The van der Waals surface area contributed by atoms with Crippen LogP contribution in [0.15, 0.2) is 66.7 Å². The van der Waals surface area contributed by atoms with Crippen LogP contribution in [-0.4, -0.2) is 39.8 Å². The standard InChI is InChI=1S/C24H25N7O/c1-16-14-22(30(2)3)28-24(25-16)27-19-12-10-18(11-13-19)26-23(32)21-15-20(29-31(21)4)17-8-6-5-7-9-17/h5-15H,1-4H3,(H,26,32)(H,25,27,28). The highest BCUT2D eigenvalue weighted by molar-refractivity contribution is 6.03. The van der Waals surface area contributed by atoms with Crippen LogP contribution < -0.4 is 15.5 Å². The van der Waals surface area contributed by atoms with Gasteiger partial charge in [0.25, 0.3) is 5.91 Å². The minimum absolute atomic E-state index is 0.222. The Bertz CT molecular complexity index is 1230. The van der Waals surface area contributed by atoms with Crippen molar-refractivity contribution in [2.24, 2.45) is 7.05 Å². The van der Waals surface area contributed by atoms with Crippen molar-refractivity contribution in [3.63, 3.8) is 0 Å². The zero-order valence-corrected chi connectivity index (χ0v) is 18.5. The highest BCUT2D eigenvalue weighted by Gasteiger charge is 2.14. The van der Waals surface area contributed by atoms with Gasteiger partial charge in [0.1, 0.15) is 11.5 Å². The predicted molar refractivity (Wildman–Crippen MR) is 127 cm³/mol. The van der Waals surface area contributed by atoms with Gasteiger partial charge in [0.15, 0.2) is 0 Å². The average Bonchev–Trinajstić information content (AvgIpc) is 3.17. The molecule has 0 spiro atoms. The van der Waals surface area contributed by atoms with Crippen LogP contribution in [-0.2, 0) is 7.05 Å². The summed E-state index contributed by atoms with van der Waals surface area (Å²) in [4.78, 5) is 23.6. The maximum absolute atomic E-state index is 12.8. The van der Waals surface area contributed by atoms with E-state index in [1.807, 2.05) is 86.6 Å². The molecule has 0 atom stereocenters. The molecule has 2 N–H and O–H groups in total. The van der Waals surface area contributed by atoms with E-state index in [-0.39, 0.29) is 5.91 Å². The first-order chi connectivity index (χ1) is 15.4. The van der Waals surface area contributed by atoms with E-state index in [0.717, 1.165) is 28.5 Å². The predicted octanol–water partition coefficient (Wildman–Crippen LogP) is 4.25. The number of benzene rings is 2. The van der Waals surface area contributed by atoms with E-state index in [2.05, 4.69) is 25.7 Å². The summed E-state index contributed by atoms with van der Waals surface area (Å²) in [5.74, 6) is 1.13. The van der Waals surface area contributed by atoms with E-state index < -0.39 is 0 Å². The molecule has 4 aromatic rings. The zero-order chi connectivity index (χ0) is 22.7. The van der Waals surface area contributed by atoms with Crippen molar-refractivity contribution in [2.45, 2.75) is 6.92 Å². The van der Waals surface area contributed by atoms with E-state index in [0.29, 0.717) is 17.3 Å². The largest absolute Gasteiger partial charge is 0.363 e. The van der Waals surface area contributed by atoms with Gasteiger partial charge in [-0.1, -0.05) is 30.3 Å². The molecule has 0 bridgehead atoms. The molecular formula is C24H25N7O. The molecule has 0 unspecified atom stereocenters. The van der Waals surface area contributed by atoms with Crippen molar-refractivity contribution in [1.82, 2.24) is 19.7 Å². The molecule has 0 fully saturated rings. The number of nitrogens with zero attached hydrogens (tertiary/aromatic N) is 5. The Kier molecular flexibility index (Phi) is 5.85. The van der Waals surface area contributed by atoms with Gasteiger partial charge >= 0.3 is 0 Å². The quantitative estimate of drug-likeness (QED) is 0.478. The van der Waals surface area contributed by atoms with Crippen molar-refractivity contribution in [1.29, 1.82) is 0 Å². The highest BCUT2D eigenvalue weighted by Crippen LogP contribution is 2.21. The molecule has 0 saturated carbocycles. The van der Waals surface area contributed by atoms with Crippen LogP contribution in [0.25, 0.3) is 11.3 Å². The summed E-state index contributed by atoms with van der Waals surface area (Å²) >= 11 is 0. The van der Waals surface area contributed by atoms with Crippen molar-refractivity contribution in [3.05, 3.63) is 78.1 Å². The van der Waals surface area contributed by atoms with Gasteiger partial charge in [0.05, 0.1) is 5.69 Å². The fraction of sp³-hybridized carbons (Fsp3) is 0.167. The van der Waals surface area contributed by atoms with Crippen molar-refractivity contribution in [2.75, 3.05) is 29.6 Å². The lowest BCUT2D eigenvalue weighted by Gasteiger charge is -2.14. The summed E-state index contributed by atoms with van der Waals surface area (Å²) in [7, 11) is 5.64. The molecule has 0 radical (unpaired) electrons.